The van der Waals surface area contributed by atoms with Crippen molar-refractivity contribution in [3.63, 3.8) is 0 Å². The first-order valence-corrected chi connectivity index (χ1v) is 11.8. The molecule has 2 rings (SSSR count). The van der Waals surface area contributed by atoms with E-state index >= 15 is 0 Å². The van der Waals surface area contributed by atoms with Gasteiger partial charge >= 0.3 is 0 Å². The largest absolute Gasteiger partial charge is 0.352 e. The molecule has 2 aromatic carbocycles. The van der Waals surface area contributed by atoms with Gasteiger partial charge in [0.2, 0.25) is 11.8 Å². The van der Waals surface area contributed by atoms with Crippen LogP contribution in [-0.2, 0) is 21.9 Å². The van der Waals surface area contributed by atoms with Crippen molar-refractivity contribution in [2.45, 2.75) is 58.5 Å². The smallest absolute Gasteiger partial charge is 0.243 e. The summed E-state index contributed by atoms with van der Waals surface area (Å²) in [6.07, 6.45) is 0.565. The fourth-order valence-electron chi connectivity index (χ4n) is 3.27. The van der Waals surface area contributed by atoms with Gasteiger partial charge in [-0.25, -0.2) is 0 Å². The van der Waals surface area contributed by atoms with E-state index in [0.717, 1.165) is 16.7 Å². The van der Waals surface area contributed by atoms with Gasteiger partial charge in [0.15, 0.2) is 0 Å². The van der Waals surface area contributed by atoms with Crippen LogP contribution in [0.5, 0.6) is 0 Å². The topological polar surface area (TPSA) is 49.4 Å². The van der Waals surface area contributed by atoms with Crippen LogP contribution < -0.4 is 5.32 Å². The quantitative estimate of drug-likeness (QED) is 0.544. The van der Waals surface area contributed by atoms with Crippen molar-refractivity contribution < 1.29 is 9.59 Å². The second kappa shape index (κ2) is 12.0. The Morgan fingerprint density at radius 1 is 1.10 bits per heavy atom. The van der Waals surface area contributed by atoms with Crippen molar-refractivity contribution in [1.82, 2.24) is 10.2 Å². The maximum atomic E-state index is 13.2. The van der Waals surface area contributed by atoms with E-state index in [-0.39, 0.29) is 17.9 Å². The van der Waals surface area contributed by atoms with Gasteiger partial charge in [0, 0.05) is 23.4 Å². The minimum Gasteiger partial charge on any atom is -0.352 e. The van der Waals surface area contributed by atoms with Gasteiger partial charge < -0.3 is 10.2 Å². The van der Waals surface area contributed by atoms with Gasteiger partial charge in [-0.1, -0.05) is 60.5 Å². The average molecular weight is 447 g/mol. The SMILES string of the molecule is CCC(C(=O)NC(C)C)N(Cc1cccc(C)c1)C(=O)CSCc1cccc(Cl)c1. The van der Waals surface area contributed by atoms with Gasteiger partial charge in [-0.15, -0.1) is 11.8 Å². The third kappa shape index (κ3) is 7.69. The average Bonchev–Trinajstić information content (AvgIpc) is 2.67. The first-order valence-electron chi connectivity index (χ1n) is 10.3. The van der Waals surface area contributed by atoms with Crippen molar-refractivity contribution in [2.75, 3.05) is 5.75 Å². The molecule has 0 aliphatic heterocycles. The number of halogens is 1. The summed E-state index contributed by atoms with van der Waals surface area (Å²) < 4.78 is 0. The van der Waals surface area contributed by atoms with Crippen molar-refractivity contribution in [1.29, 1.82) is 0 Å². The van der Waals surface area contributed by atoms with Gasteiger partial charge in [-0.3, -0.25) is 9.59 Å². The summed E-state index contributed by atoms with van der Waals surface area (Å²) in [5.41, 5.74) is 3.24. The number of nitrogens with one attached hydrogen (secondary N) is 1. The summed E-state index contributed by atoms with van der Waals surface area (Å²) in [5.74, 6) is 0.867. The van der Waals surface area contributed by atoms with E-state index in [2.05, 4.69) is 11.4 Å². The summed E-state index contributed by atoms with van der Waals surface area (Å²) in [6.45, 7) is 8.25. The number of carbonyl (C=O) groups excluding carboxylic acids is 2. The summed E-state index contributed by atoms with van der Waals surface area (Å²) in [6, 6.07) is 15.3. The predicted molar refractivity (Wildman–Crippen MR) is 127 cm³/mol. The molecule has 0 spiro atoms. The Kier molecular flexibility index (Phi) is 9.73. The third-order valence-electron chi connectivity index (χ3n) is 4.64. The van der Waals surface area contributed by atoms with Gasteiger partial charge in [-0.2, -0.15) is 0 Å². The molecule has 0 saturated heterocycles. The zero-order valence-electron chi connectivity index (χ0n) is 18.2. The van der Waals surface area contributed by atoms with Crippen LogP contribution in [0.4, 0.5) is 0 Å². The fraction of sp³-hybridized carbons (Fsp3) is 0.417. The summed E-state index contributed by atoms with van der Waals surface area (Å²) in [7, 11) is 0. The van der Waals surface area contributed by atoms with Crippen LogP contribution in [-0.4, -0.2) is 34.6 Å². The molecule has 0 fully saturated rings. The van der Waals surface area contributed by atoms with Crippen molar-refractivity contribution in [3.8, 4) is 0 Å². The molecular weight excluding hydrogens is 416 g/mol. The maximum absolute atomic E-state index is 13.2. The zero-order valence-corrected chi connectivity index (χ0v) is 19.7. The molecule has 6 heteroatoms. The van der Waals surface area contributed by atoms with Crippen molar-refractivity contribution in [3.05, 3.63) is 70.2 Å². The third-order valence-corrected chi connectivity index (χ3v) is 5.86. The van der Waals surface area contributed by atoms with E-state index in [1.54, 1.807) is 4.90 Å². The molecule has 0 heterocycles. The number of hydrogen-bond donors (Lipinski definition) is 1. The Balaban J connectivity index is 2.13. The number of thioether (sulfide) groups is 1. The predicted octanol–water partition coefficient (Wildman–Crippen LogP) is 5.21. The maximum Gasteiger partial charge on any atom is 0.243 e. The molecule has 30 heavy (non-hydrogen) atoms. The van der Waals surface area contributed by atoms with E-state index in [1.807, 2.05) is 70.2 Å². The number of amides is 2. The molecule has 0 bridgehead atoms. The van der Waals surface area contributed by atoms with E-state index in [0.29, 0.717) is 29.5 Å². The van der Waals surface area contributed by atoms with Crippen LogP contribution in [0.25, 0.3) is 0 Å². The Labute approximate surface area is 189 Å². The molecule has 0 saturated carbocycles. The Hall–Kier alpha value is -1.98. The molecule has 2 aromatic rings. The van der Waals surface area contributed by atoms with Gasteiger partial charge in [0.25, 0.3) is 0 Å². The second-order valence-electron chi connectivity index (χ2n) is 7.72. The highest BCUT2D eigenvalue weighted by atomic mass is 35.5. The summed E-state index contributed by atoms with van der Waals surface area (Å²) in [5, 5.41) is 3.65. The lowest BCUT2D eigenvalue weighted by molar-refractivity contribution is -0.139. The highest BCUT2D eigenvalue weighted by Gasteiger charge is 2.28. The number of rotatable bonds is 10. The number of benzene rings is 2. The fourth-order valence-corrected chi connectivity index (χ4v) is 4.34. The van der Waals surface area contributed by atoms with Crippen LogP contribution in [0.1, 0.15) is 43.9 Å². The molecule has 2 amide bonds. The minimum atomic E-state index is -0.493. The number of aryl methyl sites for hydroxylation is 1. The highest BCUT2D eigenvalue weighted by molar-refractivity contribution is 7.99. The molecule has 0 aliphatic carbocycles. The number of carbonyl (C=O) groups is 2. The van der Waals surface area contributed by atoms with Crippen LogP contribution in [0, 0.1) is 6.92 Å². The standard InChI is InChI=1S/C24H31ClN2O2S/c1-5-22(24(29)26-17(2)3)27(14-19-9-6-8-18(4)12-19)23(28)16-30-15-20-10-7-11-21(25)13-20/h6-13,17,22H,5,14-16H2,1-4H3,(H,26,29). The molecule has 0 aromatic heterocycles. The molecule has 0 aliphatic rings. The first-order chi connectivity index (χ1) is 14.3. The van der Waals surface area contributed by atoms with Crippen molar-refractivity contribution >= 4 is 35.2 Å². The van der Waals surface area contributed by atoms with Gasteiger partial charge in [-0.05, 0) is 50.5 Å². The lowest BCUT2D eigenvalue weighted by atomic mass is 10.1. The number of nitrogens with zero attached hydrogens (tertiary/aromatic N) is 1. The Morgan fingerprint density at radius 2 is 1.80 bits per heavy atom. The van der Waals surface area contributed by atoms with Crippen LogP contribution in [0.15, 0.2) is 48.5 Å². The molecule has 4 nitrogen and oxygen atoms in total. The second-order valence-corrected chi connectivity index (χ2v) is 9.14. The molecular formula is C24H31ClN2O2S. The zero-order chi connectivity index (χ0) is 22.1. The Bertz CT molecular complexity index is 857. The number of hydrogen-bond acceptors (Lipinski definition) is 3. The monoisotopic (exact) mass is 446 g/mol. The molecule has 1 N–H and O–H groups in total. The van der Waals surface area contributed by atoms with E-state index < -0.39 is 6.04 Å². The minimum absolute atomic E-state index is 0.0275. The summed E-state index contributed by atoms with van der Waals surface area (Å²) in [4.78, 5) is 27.7. The van der Waals surface area contributed by atoms with E-state index in [9.17, 15) is 9.59 Å². The van der Waals surface area contributed by atoms with Gasteiger partial charge in [0.1, 0.15) is 6.04 Å². The van der Waals surface area contributed by atoms with E-state index in [1.165, 1.54) is 11.8 Å². The van der Waals surface area contributed by atoms with Crippen LogP contribution in [0.2, 0.25) is 5.02 Å². The van der Waals surface area contributed by atoms with E-state index in [4.69, 9.17) is 11.6 Å². The normalized spacial score (nSPS) is 11.9. The van der Waals surface area contributed by atoms with Crippen LogP contribution in [0.3, 0.4) is 0 Å². The Morgan fingerprint density at radius 3 is 2.43 bits per heavy atom. The summed E-state index contributed by atoms with van der Waals surface area (Å²) >= 11 is 7.58. The lowest BCUT2D eigenvalue weighted by Crippen LogP contribution is -2.50. The molecule has 1 unspecified atom stereocenters. The highest BCUT2D eigenvalue weighted by Crippen LogP contribution is 2.19. The molecule has 162 valence electrons. The lowest BCUT2D eigenvalue weighted by Gasteiger charge is -2.31. The molecule has 1 atom stereocenters. The van der Waals surface area contributed by atoms with Gasteiger partial charge in [0.05, 0.1) is 5.75 Å². The van der Waals surface area contributed by atoms with Crippen LogP contribution >= 0.6 is 23.4 Å². The van der Waals surface area contributed by atoms with Crippen molar-refractivity contribution in [2.24, 2.45) is 0 Å². The molecule has 0 radical (unpaired) electrons. The first kappa shape index (κ1) is 24.3.